The number of nitrogens with zero attached hydrogens (tertiary/aromatic N) is 1. The Kier molecular flexibility index (Phi) is 4.69. The third-order valence-electron chi connectivity index (χ3n) is 3.32. The van der Waals surface area contributed by atoms with Gasteiger partial charge in [0.1, 0.15) is 4.88 Å². The zero-order chi connectivity index (χ0) is 17.1. The van der Waals surface area contributed by atoms with Gasteiger partial charge >= 0.3 is 0 Å². The molecule has 5 nitrogen and oxygen atoms in total. The maximum atomic E-state index is 12.2. The fraction of sp³-hybridized carbons (Fsp3) is 0.0588. The quantitative estimate of drug-likeness (QED) is 0.545. The van der Waals surface area contributed by atoms with Gasteiger partial charge in [-0.15, -0.1) is 11.3 Å². The van der Waals surface area contributed by atoms with Crippen molar-refractivity contribution in [3.05, 3.63) is 57.9 Å². The molecule has 0 fully saturated rings. The van der Waals surface area contributed by atoms with E-state index in [-0.39, 0.29) is 11.7 Å². The van der Waals surface area contributed by atoms with Crippen LogP contribution in [0.3, 0.4) is 0 Å². The van der Waals surface area contributed by atoms with E-state index in [1.165, 1.54) is 30.7 Å². The molecule has 3 aromatic rings. The molecule has 0 bridgehead atoms. The number of methoxy groups -OCH3 is 1. The fourth-order valence-corrected chi connectivity index (χ4v) is 3.56. The molecule has 0 aliphatic carbocycles. The summed E-state index contributed by atoms with van der Waals surface area (Å²) in [5, 5.41) is 14.7. The summed E-state index contributed by atoms with van der Waals surface area (Å²) in [6.45, 7) is 0. The van der Waals surface area contributed by atoms with Crippen LogP contribution in [0.15, 0.2) is 47.6 Å². The minimum Gasteiger partial charge on any atom is -0.504 e. The highest BCUT2D eigenvalue weighted by molar-refractivity contribution is 7.21. The molecule has 0 atom stereocenters. The normalized spacial score (nSPS) is 11.1. The van der Waals surface area contributed by atoms with Gasteiger partial charge < -0.3 is 9.84 Å². The number of carbonyl (C=O) groups excluding carboxylic acids is 1. The van der Waals surface area contributed by atoms with Crippen LogP contribution in [0.4, 0.5) is 0 Å². The van der Waals surface area contributed by atoms with Gasteiger partial charge in [-0.05, 0) is 29.8 Å². The number of hydrazone groups is 1. The number of benzene rings is 2. The summed E-state index contributed by atoms with van der Waals surface area (Å²) in [6, 6.07) is 12.3. The van der Waals surface area contributed by atoms with Gasteiger partial charge in [0.2, 0.25) is 0 Å². The fourth-order valence-electron chi connectivity index (χ4n) is 2.15. The summed E-state index contributed by atoms with van der Waals surface area (Å²) in [5.41, 5.74) is 3.13. The summed E-state index contributed by atoms with van der Waals surface area (Å²) >= 11 is 7.57. The maximum absolute atomic E-state index is 12.2. The van der Waals surface area contributed by atoms with Crippen molar-refractivity contribution in [2.75, 3.05) is 7.11 Å². The minimum absolute atomic E-state index is 0.0377. The molecule has 24 heavy (non-hydrogen) atoms. The number of ether oxygens (including phenoxy) is 1. The number of phenolic OH excluding ortho intramolecular Hbond substituents is 1. The van der Waals surface area contributed by atoms with Crippen LogP contribution in [0.1, 0.15) is 15.2 Å². The van der Waals surface area contributed by atoms with Crippen molar-refractivity contribution >= 4 is 45.1 Å². The molecule has 0 saturated carbocycles. The molecular formula is C17H13ClN2O3S. The Morgan fingerprint density at radius 2 is 2.12 bits per heavy atom. The second-order valence-corrected chi connectivity index (χ2v) is 6.30. The number of thiophene rings is 1. The lowest BCUT2D eigenvalue weighted by molar-refractivity contribution is 0.0959. The summed E-state index contributed by atoms with van der Waals surface area (Å²) in [6.07, 6.45) is 1.46. The standard InChI is InChI=1S/C17H13ClN2O3S/c1-23-13-8-10(6-7-12(13)21)9-19-20-17(22)16-15(18)11-4-2-3-5-14(11)24-16/h2-9,21H,1H3,(H,20,22)/b19-9+. The molecule has 0 radical (unpaired) electrons. The highest BCUT2D eigenvalue weighted by Crippen LogP contribution is 2.34. The van der Waals surface area contributed by atoms with Crippen molar-refractivity contribution in [3.63, 3.8) is 0 Å². The molecule has 0 aliphatic rings. The SMILES string of the molecule is COc1cc(/C=N/NC(=O)c2sc3ccccc3c2Cl)ccc1O. The number of amides is 1. The van der Waals surface area contributed by atoms with Crippen LogP contribution >= 0.6 is 22.9 Å². The summed E-state index contributed by atoms with van der Waals surface area (Å²) in [7, 11) is 1.46. The van der Waals surface area contributed by atoms with E-state index >= 15 is 0 Å². The van der Waals surface area contributed by atoms with E-state index in [2.05, 4.69) is 10.5 Å². The second-order valence-electron chi connectivity index (χ2n) is 4.87. The highest BCUT2D eigenvalue weighted by atomic mass is 35.5. The minimum atomic E-state index is -0.372. The van der Waals surface area contributed by atoms with Crippen molar-refractivity contribution in [2.24, 2.45) is 5.10 Å². The first kappa shape index (κ1) is 16.3. The first-order valence-electron chi connectivity index (χ1n) is 6.97. The smallest absolute Gasteiger partial charge is 0.283 e. The van der Waals surface area contributed by atoms with E-state index < -0.39 is 0 Å². The van der Waals surface area contributed by atoms with E-state index in [9.17, 15) is 9.90 Å². The number of fused-ring (bicyclic) bond motifs is 1. The molecular weight excluding hydrogens is 348 g/mol. The Morgan fingerprint density at radius 3 is 2.88 bits per heavy atom. The first-order chi connectivity index (χ1) is 11.6. The largest absolute Gasteiger partial charge is 0.504 e. The van der Waals surface area contributed by atoms with E-state index in [4.69, 9.17) is 16.3 Å². The topological polar surface area (TPSA) is 70.9 Å². The number of hydrogen-bond donors (Lipinski definition) is 2. The molecule has 122 valence electrons. The Morgan fingerprint density at radius 1 is 1.33 bits per heavy atom. The summed E-state index contributed by atoms with van der Waals surface area (Å²) < 4.78 is 5.96. The zero-order valence-corrected chi connectivity index (χ0v) is 14.2. The predicted molar refractivity (Wildman–Crippen MR) is 96.6 cm³/mol. The van der Waals surface area contributed by atoms with E-state index in [0.717, 1.165) is 10.1 Å². The number of halogens is 1. The molecule has 3 rings (SSSR count). The zero-order valence-electron chi connectivity index (χ0n) is 12.6. The lowest BCUT2D eigenvalue weighted by Gasteiger charge is -2.03. The first-order valence-corrected chi connectivity index (χ1v) is 8.17. The Balaban J connectivity index is 1.76. The number of aromatic hydroxyl groups is 1. The lowest BCUT2D eigenvalue weighted by atomic mass is 10.2. The van der Waals surface area contributed by atoms with Crippen LogP contribution in [0, 0.1) is 0 Å². The number of rotatable bonds is 4. The van der Waals surface area contributed by atoms with Crippen LogP contribution < -0.4 is 10.2 Å². The summed E-state index contributed by atoms with van der Waals surface area (Å²) in [5.74, 6) is -0.00300. The molecule has 2 aromatic carbocycles. The van der Waals surface area contributed by atoms with Crippen molar-refractivity contribution in [2.45, 2.75) is 0 Å². The maximum Gasteiger partial charge on any atom is 0.283 e. The van der Waals surface area contributed by atoms with Crippen LogP contribution in [-0.2, 0) is 0 Å². The predicted octanol–water partition coefficient (Wildman–Crippen LogP) is 4.03. The molecule has 2 N–H and O–H groups in total. The molecule has 0 spiro atoms. The third kappa shape index (κ3) is 3.20. The van der Waals surface area contributed by atoms with Crippen LogP contribution in [-0.4, -0.2) is 24.3 Å². The third-order valence-corrected chi connectivity index (χ3v) is 5.00. The average Bonchev–Trinajstić information content (AvgIpc) is 2.93. The Bertz CT molecular complexity index is 937. The number of nitrogens with one attached hydrogen (secondary N) is 1. The Hall–Kier alpha value is -2.57. The van der Waals surface area contributed by atoms with E-state index in [1.807, 2.05) is 24.3 Å². The van der Waals surface area contributed by atoms with Crippen molar-refractivity contribution in [1.82, 2.24) is 5.43 Å². The number of hydrogen-bond acceptors (Lipinski definition) is 5. The van der Waals surface area contributed by atoms with Gasteiger partial charge in [0.25, 0.3) is 5.91 Å². The van der Waals surface area contributed by atoms with Gasteiger partial charge in [0.15, 0.2) is 11.5 Å². The van der Waals surface area contributed by atoms with Gasteiger partial charge in [-0.2, -0.15) is 5.10 Å². The molecule has 1 aromatic heterocycles. The van der Waals surface area contributed by atoms with Gasteiger partial charge in [-0.25, -0.2) is 5.43 Å². The van der Waals surface area contributed by atoms with Gasteiger partial charge in [-0.3, -0.25) is 4.79 Å². The van der Waals surface area contributed by atoms with E-state index in [1.54, 1.807) is 12.1 Å². The van der Waals surface area contributed by atoms with Crippen LogP contribution in [0.2, 0.25) is 5.02 Å². The van der Waals surface area contributed by atoms with Crippen molar-refractivity contribution in [3.8, 4) is 11.5 Å². The monoisotopic (exact) mass is 360 g/mol. The second kappa shape index (κ2) is 6.90. The molecule has 7 heteroatoms. The molecule has 1 amide bonds. The number of phenols is 1. The van der Waals surface area contributed by atoms with Gasteiger partial charge in [0, 0.05) is 10.1 Å². The molecule has 1 heterocycles. The Labute approximate surface area is 147 Å². The molecule has 0 aliphatic heterocycles. The summed E-state index contributed by atoms with van der Waals surface area (Å²) in [4.78, 5) is 12.7. The van der Waals surface area contributed by atoms with Crippen molar-refractivity contribution < 1.29 is 14.6 Å². The van der Waals surface area contributed by atoms with Gasteiger partial charge in [-0.1, -0.05) is 29.8 Å². The van der Waals surface area contributed by atoms with E-state index in [0.29, 0.717) is 21.2 Å². The van der Waals surface area contributed by atoms with Crippen molar-refractivity contribution in [1.29, 1.82) is 0 Å². The number of carbonyl (C=O) groups is 1. The molecule has 0 unspecified atom stereocenters. The van der Waals surface area contributed by atoms with Gasteiger partial charge in [0.05, 0.1) is 18.3 Å². The highest BCUT2D eigenvalue weighted by Gasteiger charge is 2.16. The lowest BCUT2D eigenvalue weighted by Crippen LogP contribution is -2.16. The van der Waals surface area contributed by atoms with Crippen LogP contribution in [0.25, 0.3) is 10.1 Å². The molecule has 0 saturated heterocycles. The van der Waals surface area contributed by atoms with Crippen LogP contribution in [0.5, 0.6) is 11.5 Å². The average molecular weight is 361 g/mol.